The van der Waals surface area contributed by atoms with E-state index in [2.05, 4.69) is 40.0 Å². The Kier molecular flexibility index (Phi) is 7.19. The number of aromatic carboxylic acids is 1. The Morgan fingerprint density at radius 1 is 1.09 bits per heavy atom. The monoisotopic (exact) mass is 446 g/mol. The van der Waals surface area contributed by atoms with Crippen LogP contribution in [0.15, 0.2) is 55.1 Å². The van der Waals surface area contributed by atoms with Gasteiger partial charge in [-0.15, -0.1) is 0 Å². The van der Waals surface area contributed by atoms with Gasteiger partial charge in [-0.3, -0.25) is 4.79 Å². The molecular weight excluding hydrogens is 416 g/mol. The number of carboxylic acids is 1. The zero-order chi connectivity index (χ0) is 23.2. The van der Waals surface area contributed by atoms with Crippen molar-refractivity contribution >= 4 is 29.0 Å². The van der Waals surface area contributed by atoms with Gasteiger partial charge in [0.05, 0.1) is 5.69 Å². The molecule has 1 fully saturated rings. The molecule has 3 heterocycles. The Hall–Kier alpha value is -3.45. The van der Waals surface area contributed by atoms with Crippen LogP contribution in [-0.2, 0) is 11.2 Å². The van der Waals surface area contributed by atoms with Gasteiger partial charge < -0.3 is 20.2 Å². The molecule has 0 saturated carbocycles. The van der Waals surface area contributed by atoms with Crippen molar-refractivity contribution in [2.75, 3.05) is 38.0 Å². The molecule has 4 rings (SSSR count). The van der Waals surface area contributed by atoms with Crippen LogP contribution in [0.5, 0.6) is 0 Å². The van der Waals surface area contributed by atoms with Crippen molar-refractivity contribution in [2.45, 2.75) is 25.7 Å². The predicted molar refractivity (Wildman–Crippen MR) is 130 cm³/mol. The SMILES string of the molecule is C=CC(=O)N1CCC=C(c2ccc(C(=O)O)c(Nc3ccc(CCN4CCCC4)cc3)n2)C1. The summed E-state index contributed by atoms with van der Waals surface area (Å²) in [6.45, 7) is 8.07. The maximum Gasteiger partial charge on any atom is 0.339 e. The Morgan fingerprint density at radius 2 is 1.85 bits per heavy atom. The molecule has 1 saturated heterocycles. The van der Waals surface area contributed by atoms with Crippen molar-refractivity contribution < 1.29 is 14.7 Å². The van der Waals surface area contributed by atoms with Crippen LogP contribution in [0.4, 0.5) is 11.5 Å². The van der Waals surface area contributed by atoms with Crippen LogP contribution in [0.1, 0.15) is 40.9 Å². The Morgan fingerprint density at radius 3 is 2.55 bits per heavy atom. The van der Waals surface area contributed by atoms with E-state index in [0.717, 1.165) is 30.6 Å². The summed E-state index contributed by atoms with van der Waals surface area (Å²) in [7, 11) is 0. The minimum Gasteiger partial charge on any atom is -0.478 e. The second kappa shape index (κ2) is 10.4. The molecule has 2 aliphatic rings. The highest BCUT2D eigenvalue weighted by Gasteiger charge is 2.20. The number of benzene rings is 1. The number of carbonyl (C=O) groups is 2. The van der Waals surface area contributed by atoms with Crippen molar-refractivity contribution in [3.8, 4) is 0 Å². The molecule has 0 aliphatic carbocycles. The molecule has 0 bridgehead atoms. The fourth-order valence-corrected chi connectivity index (χ4v) is 4.34. The summed E-state index contributed by atoms with van der Waals surface area (Å²) in [5, 5.41) is 12.8. The number of carboxylic acid groups (broad SMARTS) is 1. The molecule has 0 spiro atoms. The van der Waals surface area contributed by atoms with Crippen LogP contribution < -0.4 is 5.32 Å². The van der Waals surface area contributed by atoms with Gasteiger partial charge in [-0.2, -0.15) is 0 Å². The smallest absolute Gasteiger partial charge is 0.339 e. The van der Waals surface area contributed by atoms with Crippen LogP contribution >= 0.6 is 0 Å². The molecule has 1 aromatic carbocycles. The average Bonchev–Trinajstić information content (AvgIpc) is 3.37. The van der Waals surface area contributed by atoms with Crippen molar-refractivity contribution in [3.05, 3.63) is 72.0 Å². The second-order valence-corrected chi connectivity index (χ2v) is 8.50. The predicted octanol–water partition coefficient (Wildman–Crippen LogP) is 3.96. The quantitative estimate of drug-likeness (QED) is 0.597. The van der Waals surface area contributed by atoms with Crippen LogP contribution in [0.3, 0.4) is 0 Å². The molecule has 7 heteroatoms. The number of nitrogens with one attached hydrogen (secondary N) is 1. The van der Waals surface area contributed by atoms with E-state index in [1.54, 1.807) is 17.0 Å². The van der Waals surface area contributed by atoms with Crippen LogP contribution in [0, 0.1) is 0 Å². The zero-order valence-electron chi connectivity index (χ0n) is 18.8. The summed E-state index contributed by atoms with van der Waals surface area (Å²) in [6.07, 6.45) is 7.67. The zero-order valence-corrected chi connectivity index (χ0v) is 18.8. The first kappa shape index (κ1) is 22.7. The lowest BCUT2D eigenvalue weighted by Gasteiger charge is -2.26. The summed E-state index contributed by atoms with van der Waals surface area (Å²) in [5.74, 6) is -0.872. The number of carbonyl (C=O) groups excluding carboxylic acids is 1. The fourth-order valence-electron chi connectivity index (χ4n) is 4.34. The van der Waals surface area contributed by atoms with Crippen molar-refractivity contribution in [3.63, 3.8) is 0 Å². The summed E-state index contributed by atoms with van der Waals surface area (Å²) < 4.78 is 0. The van der Waals surface area contributed by atoms with E-state index < -0.39 is 5.97 Å². The van der Waals surface area contributed by atoms with Gasteiger partial charge in [0.2, 0.25) is 5.91 Å². The number of amides is 1. The maximum atomic E-state index is 12.0. The molecule has 2 aliphatic heterocycles. The van der Waals surface area contributed by atoms with Gasteiger partial charge in [0.15, 0.2) is 0 Å². The van der Waals surface area contributed by atoms with Crippen LogP contribution in [0.2, 0.25) is 0 Å². The number of aromatic nitrogens is 1. The van der Waals surface area contributed by atoms with Crippen molar-refractivity contribution in [1.82, 2.24) is 14.8 Å². The van der Waals surface area contributed by atoms with Crippen molar-refractivity contribution in [1.29, 1.82) is 0 Å². The molecule has 172 valence electrons. The van der Waals surface area contributed by atoms with Crippen LogP contribution in [-0.4, -0.2) is 64.5 Å². The van der Waals surface area contributed by atoms with Gasteiger partial charge in [0, 0.05) is 25.3 Å². The largest absolute Gasteiger partial charge is 0.478 e. The average molecular weight is 447 g/mol. The minimum absolute atomic E-state index is 0.104. The molecule has 0 atom stereocenters. The van der Waals surface area contributed by atoms with E-state index in [1.165, 1.54) is 37.6 Å². The third-order valence-electron chi connectivity index (χ3n) is 6.22. The molecule has 2 N–H and O–H groups in total. The molecular formula is C26H30N4O3. The van der Waals surface area contributed by atoms with E-state index >= 15 is 0 Å². The number of hydrogen-bond donors (Lipinski definition) is 2. The molecule has 33 heavy (non-hydrogen) atoms. The maximum absolute atomic E-state index is 12.0. The van der Waals surface area contributed by atoms with E-state index in [0.29, 0.717) is 18.8 Å². The van der Waals surface area contributed by atoms with Gasteiger partial charge in [-0.1, -0.05) is 24.8 Å². The normalized spacial score (nSPS) is 16.4. The second-order valence-electron chi connectivity index (χ2n) is 8.50. The van der Waals surface area contributed by atoms with Gasteiger partial charge in [0.25, 0.3) is 0 Å². The third-order valence-corrected chi connectivity index (χ3v) is 6.22. The first-order valence-corrected chi connectivity index (χ1v) is 11.5. The van der Waals surface area contributed by atoms with Gasteiger partial charge in [-0.05, 0) is 80.3 Å². The lowest BCUT2D eigenvalue weighted by Crippen LogP contribution is -2.34. The Bertz CT molecular complexity index is 1060. The standard InChI is InChI=1S/C26H30N4O3/c1-2-24(31)30-16-5-6-20(18-30)23-12-11-22(26(32)33)25(28-23)27-21-9-7-19(8-10-21)13-17-29-14-3-4-15-29/h2,6-12H,1,3-5,13-18H2,(H,27,28)(H,32,33). The molecule has 0 radical (unpaired) electrons. The Labute approximate surface area is 194 Å². The number of nitrogens with zero attached hydrogens (tertiary/aromatic N) is 3. The first-order valence-electron chi connectivity index (χ1n) is 11.5. The number of likely N-dealkylation sites (tertiary alicyclic amines) is 1. The third kappa shape index (κ3) is 5.68. The molecule has 7 nitrogen and oxygen atoms in total. The number of hydrogen-bond acceptors (Lipinski definition) is 5. The summed E-state index contributed by atoms with van der Waals surface area (Å²) in [4.78, 5) is 32.6. The molecule has 0 unspecified atom stereocenters. The number of anilines is 2. The van der Waals surface area contributed by atoms with Gasteiger partial charge in [0.1, 0.15) is 11.4 Å². The van der Waals surface area contributed by atoms with Gasteiger partial charge in [-0.25, -0.2) is 9.78 Å². The number of pyridine rings is 1. The van der Waals surface area contributed by atoms with Crippen molar-refractivity contribution in [2.24, 2.45) is 0 Å². The summed E-state index contributed by atoms with van der Waals surface area (Å²) >= 11 is 0. The highest BCUT2D eigenvalue weighted by atomic mass is 16.4. The van der Waals surface area contributed by atoms with E-state index in [-0.39, 0.29) is 17.3 Å². The Balaban J connectivity index is 1.49. The molecule has 2 aromatic rings. The summed E-state index contributed by atoms with van der Waals surface area (Å²) in [5.41, 5.74) is 3.70. The van der Waals surface area contributed by atoms with E-state index in [4.69, 9.17) is 0 Å². The topological polar surface area (TPSA) is 85.8 Å². The highest BCUT2D eigenvalue weighted by molar-refractivity contribution is 5.94. The van der Waals surface area contributed by atoms with E-state index in [9.17, 15) is 14.7 Å². The van der Waals surface area contributed by atoms with Gasteiger partial charge >= 0.3 is 5.97 Å². The fraction of sp³-hybridized carbons (Fsp3) is 0.346. The first-order chi connectivity index (χ1) is 16.0. The highest BCUT2D eigenvalue weighted by Crippen LogP contribution is 2.25. The summed E-state index contributed by atoms with van der Waals surface area (Å²) in [6, 6.07) is 11.3. The van der Waals surface area contributed by atoms with Crippen LogP contribution in [0.25, 0.3) is 5.57 Å². The lowest BCUT2D eigenvalue weighted by molar-refractivity contribution is -0.125. The minimum atomic E-state index is -1.04. The molecule has 1 amide bonds. The molecule has 1 aromatic heterocycles. The van der Waals surface area contributed by atoms with E-state index in [1.807, 2.05) is 12.1 Å². The lowest BCUT2D eigenvalue weighted by atomic mass is 10.0. The number of rotatable bonds is 8.